The van der Waals surface area contributed by atoms with Gasteiger partial charge in [0.1, 0.15) is 10.7 Å². The summed E-state index contributed by atoms with van der Waals surface area (Å²) in [5.74, 6) is -0.850. The molecule has 1 N–H and O–H groups in total. The second kappa shape index (κ2) is 5.31. The van der Waals surface area contributed by atoms with Crippen LogP contribution in [-0.4, -0.2) is 9.91 Å². The summed E-state index contributed by atoms with van der Waals surface area (Å²) < 4.78 is 13.5. The van der Waals surface area contributed by atoms with E-state index in [9.17, 15) is 14.5 Å². The summed E-state index contributed by atoms with van der Waals surface area (Å²) in [4.78, 5) is 14.4. The lowest BCUT2D eigenvalue weighted by atomic mass is 10.2. The van der Waals surface area contributed by atoms with Gasteiger partial charge in [0.2, 0.25) is 5.82 Å². The number of para-hydroxylation sites is 1. The molecular weight excluding hydrogens is 269 g/mol. The van der Waals surface area contributed by atoms with Crippen molar-refractivity contribution in [2.45, 2.75) is 19.9 Å². The summed E-state index contributed by atoms with van der Waals surface area (Å²) >= 11 is 1.46. The van der Waals surface area contributed by atoms with E-state index in [1.54, 1.807) is 0 Å². The number of aromatic nitrogens is 1. The van der Waals surface area contributed by atoms with E-state index < -0.39 is 16.4 Å². The van der Waals surface area contributed by atoms with E-state index >= 15 is 0 Å². The smallest absolute Gasteiger partial charge is 0.327 e. The van der Waals surface area contributed by atoms with Crippen LogP contribution in [0.15, 0.2) is 23.6 Å². The molecule has 0 aliphatic heterocycles. The van der Waals surface area contributed by atoms with Crippen LogP contribution in [0.5, 0.6) is 0 Å². The Balaban J connectivity index is 2.28. The minimum Gasteiger partial charge on any atom is -0.370 e. The highest BCUT2D eigenvalue weighted by molar-refractivity contribution is 7.09. The first-order valence-corrected chi connectivity index (χ1v) is 6.48. The van der Waals surface area contributed by atoms with Crippen molar-refractivity contribution in [1.29, 1.82) is 0 Å². The van der Waals surface area contributed by atoms with Gasteiger partial charge in [-0.15, -0.1) is 11.3 Å². The number of nitro groups is 1. The van der Waals surface area contributed by atoms with Gasteiger partial charge >= 0.3 is 5.69 Å². The molecule has 0 radical (unpaired) electrons. The van der Waals surface area contributed by atoms with Crippen LogP contribution >= 0.6 is 11.3 Å². The van der Waals surface area contributed by atoms with Gasteiger partial charge in [-0.3, -0.25) is 10.1 Å². The highest BCUT2D eigenvalue weighted by atomic mass is 32.1. The summed E-state index contributed by atoms with van der Waals surface area (Å²) in [5.41, 5.74) is 0.510. The van der Waals surface area contributed by atoms with Gasteiger partial charge in [0.05, 0.1) is 11.0 Å². The molecule has 1 unspecified atom stereocenters. The van der Waals surface area contributed by atoms with E-state index in [1.165, 1.54) is 23.5 Å². The molecule has 0 fully saturated rings. The maximum absolute atomic E-state index is 13.5. The van der Waals surface area contributed by atoms with Gasteiger partial charge in [-0.2, -0.15) is 4.39 Å². The molecule has 100 valence electrons. The molecule has 0 saturated heterocycles. The molecule has 1 atom stereocenters. The third-order valence-electron chi connectivity index (χ3n) is 2.55. The van der Waals surface area contributed by atoms with Crippen LogP contribution in [-0.2, 0) is 0 Å². The zero-order chi connectivity index (χ0) is 14.0. The Labute approximate surface area is 113 Å². The van der Waals surface area contributed by atoms with E-state index in [-0.39, 0.29) is 11.7 Å². The first-order chi connectivity index (χ1) is 8.99. The Hall–Kier alpha value is -2.02. The number of nitro benzene ring substituents is 1. The summed E-state index contributed by atoms with van der Waals surface area (Å²) in [7, 11) is 0. The summed E-state index contributed by atoms with van der Waals surface area (Å²) in [6.45, 7) is 3.70. The van der Waals surface area contributed by atoms with E-state index in [0.29, 0.717) is 0 Å². The quantitative estimate of drug-likeness (QED) is 0.685. The SMILES string of the molecule is Cc1csc(C(C)Nc2cccc(F)c2[N+](=O)[O-])n1. The molecule has 0 amide bonds. The standard InChI is InChI=1S/C12H12FN3O2S/c1-7-6-19-12(14-7)8(2)15-10-5-3-4-9(13)11(10)16(17)18/h3-6,8,15H,1-2H3. The Kier molecular flexibility index (Phi) is 3.75. The third kappa shape index (κ3) is 2.87. The number of anilines is 1. The predicted octanol–water partition coefficient (Wildman–Crippen LogP) is 3.67. The van der Waals surface area contributed by atoms with Gasteiger partial charge in [0, 0.05) is 11.1 Å². The molecule has 7 heteroatoms. The molecule has 19 heavy (non-hydrogen) atoms. The maximum Gasteiger partial charge on any atom is 0.327 e. The fourth-order valence-corrected chi connectivity index (χ4v) is 2.49. The average Bonchev–Trinajstić information content (AvgIpc) is 2.75. The second-order valence-electron chi connectivity index (χ2n) is 4.09. The largest absolute Gasteiger partial charge is 0.370 e. The van der Waals surface area contributed by atoms with Crippen LogP contribution in [0.3, 0.4) is 0 Å². The number of halogens is 1. The molecule has 0 spiro atoms. The van der Waals surface area contributed by atoms with Gasteiger partial charge in [-0.1, -0.05) is 6.07 Å². The molecule has 0 bridgehead atoms. The lowest BCUT2D eigenvalue weighted by molar-refractivity contribution is -0.386. The van der Waals surface area contributed by atoms with E-state index in [0.717, 1.165) is 16.8 Å². The van der Waals surface area contributed by atoms with Crippen LogP contribution in [0.4, 0.5) is 15.8 Å². The zero-order valence-electron chi connectivity index (χ0n) is 10.4. The Morgan fingerprint density at radius 1 is 1.53 bits per heavy atom. The molecule has 1 aromatic carbocycles. The molecule has 1 aromatic heterocycles. The minimum atomic E-state index is -0.850. The van der Waals surface area contributed by atoms with Crippen molar-refractivity contribution in [3.8, 4) is 0 Å². The van der Waals surface area contributed by atoms with Crippen LogP contribution in [0.1, 0.15) is 23.7 Å². The fraction of sp³-hybridized carbons (Fsp3) is 0.250. The topological polar surface area (TPSA) is 68.1 Å². The normalized spacial score (nSPS) is 12.2. The van der Waals surface area contributed by atoms with E-state index in [4.69, 9.17) is 0 Å². The number of benzene rings is 1. The van der Waals surface area contributed by atoms with E-state index in [1.807, 2.05) is 19.2 Å². The maximum atomic E-state index is 13.5. The Morgan fingerprint density at radius 3 is 2.84 bits per heavy atom. The first kappa shape index (κ1) is 13.4. The Bertz CT molecular complexity index is 615. The van der Waals surface area contributed by atoms with Crippen LogP contribution in [0.25, 0.3) is 0 Å². The molecule has 0 aliphatic carbocycles. The summed E-state index contributed by atoms with van der Waals surface area (Å²) in [6, 6.07) is 3.77. The second-order valence-corrected chi connectivity index (χ2v) is 4.98. The van der Waals surface area contributed by atoms with Crippen molar-refractivity contribution in [2.24, 2.45) is 0 Å². The van der Waals surface area contributed by atoms with E-state index in [2.05, 4.69) is 10.3 Å². The van der Waals surface area contributed by atoms with Gasteiger partial charge in [-0.05, 0) is 26.0 Å². The first-order valence-electron chi connectivity index (χ1n) is 5.60. The number of thiazole rings is 1. The fourth-order valence-electron chi connectivity index (χ4n) is 1.68. The van der Waals surface area contributed by atoms with Crippen molar-refractivity contribution in [3.05, 3.63) is 50.2 Å². The predicted molar refractivity (Wildman–Crippen MR) is 71.9 cm³/mol. The number of hydrogen-bond acceptors (Lipinski definition) is 5. The lowest BCUT2D eigenvalue weighted by Gasteiger charge is -2.12. The van der Waals surface area contributed by atoms with Crippen molar-refractivity contribution in [1.82, 2.24) is 4.98 Å². The molecule has 0 saturated carbocycles. The third-order valence-corrected chi connectivity index (χ3v) is 3.69. The van der Waals surface area contributed by atoms with Gasteiger partial charge < -0.3 is 5.32 Å². The minimum absolute atomic E-state index is 0.158. The lowest BCUT2D eigenvalue weighted by Crippen LogP contribution is -2.09. The molecule has 0 aliphatic rings. The highest BCUT2D eigenvalue weighted by Crippen LogP contribution is 2.31. The van der Waals surface area contributed by atoms with Gasteiger partial charge in [0.25, 0.3) is 0 Å². The summed E-state index contributed by atoms with van der Waals surface area (Å²) in [6.07, 6.45) is 0. The molecule has 2 aromatic rings. The number of aryl methyl sites for hydroxylation is 1. The van der Waals surface area contributed by atoms with Crippen molar-refractivity contribution in [3.63, 3.8) is 0 Å². The molecule has 1 heterocycles. The Morgan fingerprint density at radius 2 is 2.26 bits per heavy atom. The van der Waals surface area contributed by atoms with Crippen molar-refractivity contribution in [2.75, 3.05) is 5.32 Å². The van der Waals surface area contributed by atoms with Gasteiger partial charge in [0.15, 0.2) is 0 Å². The number of nitrogens with one attached hydrogen (secondary N) is 1. The number of rotatable bonds is 4. The highest BCUT2D eigenvalue weighted by Gasteiger charge is 2.21. The zero-order valence-corrected chi connectivity index (χ0v) is 11.2. The van der Waals surface area contributed by atoms with Crippen LogP contribution in [0, 0.1) is 22.9 Å². The van der Waals surface area contributed by atoms with Crippen LogP contribution < -0.4 is 5.32 Å². The molecule has 5 nitrogen and oxygen atoms in total. The van der Waals surface area contributed by atoms with Crippen molar-refractivity contribution < 1.29 is 9.31 Å². The van der Waals surface area contributed by atoms with Crippen molar-refractivity contribution >= 4 is 22.7 Å². The molecular formula is C12H12FN3O2S. The summed E-state index contributed by atoms with van der Waals surface area (Å²) in [5, 5.41) is 16.5. The number of hydrogen-bond donors (Lipinski definition) is 1. The van der Waals surface area contributed by atoms with Crippen LogP contribution in [0.2, 0.25) is 0 Å². The number of nitrogens with zero attached hydrogens (tertiary/aromatic N) is 2. The monoisotopic (exact) mass is 281 g/mol. The molecule has 2 rings (SSSR count). The van der Waals surface area contributed by atoms with Gasteiger partial charge in [-0.25, -0.2) is 4.98 Å². The average molecular weight is 281 g/mol.